The number of ketones is 2. The molecule has 0 bridgehead atoms. The predicted molar refractivity (Wildman–Crippen MR) is 138 cm³/mol. The largest absolute Gasteiger partial charge is 0.289 e. The second-order valence-corrected chi connectivity index (χ2v) is 8.67. The molecule has 0 aromatic heterocycles. The van der Waals surface area contributed by atoms with Gasteiger partial charge in [-0.2, -0.15) is 0 Å². The highest BCUT2D eigenvalue weighted by Crippen LogP contribution is 2.45. The summed E-state index contributed by atoms with van der Waals surface area (Å²) in [6.07, 6.45) is 0.806. The molecule has 162 valence electrons. The van der Waals surface area contributed by atoms with Crippen molar-refractivity contribution in [3.8, 4) is 22.3 Å². The van der Waals surface area contributed by atoms with E-state index in [1.807, 2.05) is 91.0 Å². The van der Waals surface area contributed by atoms with Crippen LogP contribution in [0.15, 0.2) is 103 Å². The Morgan fingerprint density at radius 2 is 0.971 bits per heavy atom. The number of aryl methyl sites for hydroxylation is 1. The number of hydrogen-bond acceptors (Lipinski definition) is 2. The monoisotopic (exact) mass is 438 g/mol. The Morgan fingerprint density at radius 1 is 0.500 bits per heavy atom. The Bertz CT molecular complexity index is 1600. The molecule has 0 heterocycles. The van der Waals surface area contributed by atoms with E-state index in [2.05, 4.69) is 19.1 Å². The highest BCUT2D eigenvalue weighted by atomic mass is 16.1. The summed E-state index contributed by atoms with van der Waals surface area (Å²) in [4.78, 5) is 28.3. The zero-order chi connectivity index (χ0) is 23.2. The molecule has 0 spiro atoms. The first kappa shape index (κ1) is 20.3. The molecule has 0 saturated carbocycles. The van der Waals surface area contributed by atoms with Gasteiger partial charge in [-0.15, -0.1) is 0 Å². The smallest absolute Gasteiger partial charge is 0.195 e. The molecule has 0 saturated heterocycles. The van der Waals surface area contributed by atoms with Crippen LogP contribution in [0.5, 0.6) is 0 Å². The van der Waals surface area contributed by atoms with Crippen LogP contribution >= 0.6 is 0 Å². The van der Waals surface area contributed by atoms with Gasteiger partial charge in [0.05, 0.1) is 0 Å². The van der Waals surface area contributed by atoms with Crippen LogP contribution in [0, 0.1) is 0 Å². The second kappa shape index (κ2) is 7.93. The Morgan fingerprint density at radius 3 is 1.47 bits per heavy atom. The third-order valence-electron chi connectivity index (χ3n) is 6.78. The van der Waals surface area contributed by atoms with E-state index in [1.165, 1.54) is 0 Å². The summed E-state index contributed by atoms with van der Waals surface area (Å²) in [6, 6.07) is 33.6. The molecule has 0 amide bonds. The fourth-order valence-electron chi connectivity index (χ4n) is 5.17. The molecule has 5 aromatic rings. The normalized spacial score (nSPS) is 12.5. The van der Waals surface area contributed by atoms with Gasteiger partial charge < -0.3 is 0 Å². The van der Waals surface area contributed by atoms with Gasteiger partial charge in [0.1, 0.15) is 0 Å². The van der Waals surface area contributed by atoms with Gasteiger partial charge in [-0.1, -0.05) is 104 Å². The Labute approximate surface area is 198 Å². The van der Waals surface area contributed by atoms with Crippen LogP contribution in [0.1, 0.15) is 44.3 Å². The molecular weight excluding hydrogens is 416 g/mol. The molecule has 1 aliphatic carbocycles. The number of rotatable bonds is 3. The van der Waals surface area contributed by atoms with Crippen LogP contribution < -0.4 is 0 Å². The molecule has 5 aromatic carbocycles. The van der Waals surface area contributed by atoms with E-state index in [-0.39, 0.29) is 11.6 Å². The molecule has 0 N–H and O–H groups in total. The zero-order valence-corrected chi connectivity index (χ0v) is 18.8. The highest BCUT2D eigenvalue weighted by molar-refractivity contribution is 6.35. The maximum Gasteiger partial charge on any atom is 0.195 e. The molecule has 0 radical (unpaired) electrons. The lowest BCUT2D eigenvalue weighted by atomic mass is 9.74. The van der Waals surface area contributed by atoms with Crippen molar-refractivity contribution >= 4 is 22.3 Å². The SMILES string of the molecule is CCc1ccc2c(c1)C(=O)c1c(c(-c3ccccc3)c3ccccc3c1-c1ccccc1)C2=O. The quantitative estimate of drug-likeness (QED) is 0.286. The molecule has 6 rings (SSSR count). The maximum atomic E-state index is 14.2. The van der Waals surface area contributed by atoms with Crippen molar-refractivity contribution in [2.45, 2.75) is 13.3 Å². The molecule has 34 heavy (non-hydrogen) atoms. The number of fused-ring (bicyclic) bond motifs is 3. The van der Waals surface area contributed by atoms with Gasteiger partial charge in [-0.3, -0.25) is 9.59 Å². The first-order valence-electron chi connectivity index (χ1n) is 11.6. The van der Waals surface area contributed by atoms with Gasteiger partial charge in [0.25, 0.3) is 0 Å². The van der Waals surface area contributed by atoms with Crippen molar-refractivity contribution in [3.05, 3.63) is 131 Å². The fraction of sp³-hybridized carbons (Fsp3) is 0.0625. The molecule has 0 atom stereocenters. The maximum absolute atomic E-state index is 14.2. The topological polar surface area (TPSA) is 34.1 Å². The van der Waals surface area contributed by atoms with Crippen molar-refractivity contribution in [2.24, 2.45) is 0 Å². The minimum Gasteiger partial charge on any atom is -0.289 e. The molecular formula is C32H22O2. The molecule has 0 fully saturated rings. The summed E-state index contributed by atoms with van der Waals surface area (Å²) >= 11 is 0. The minimum atomic E-state index is -0.0889. The second-order valence-electron chi connectivity index (χ2n) is 8.67. The Hall–Kier alpha value is -4.30. The van der Waals surface area contributed by atoms with E-state index >= 15 is 0 Å². The summed E-state index contributed by atoms with van der Waals surface area (Å²) in [6.45, 7) is 2.06. The summed E-state index contributed by atoms with van der Waals surface area (Å²) in [5.41, 5.74) is 6.58. The lowest BCUT2D eigenvalue weighted by molar-refractivity contribution is 0.0980. The van der Waals surface area contributed by atoms with Crippen molar-refractivity contribution in [2.75, 3.05) is 0 Å². The standard InChI is InChI=1S/C32H22O2/c1-2-20-17-18-25-26(19-20)32(34)30-28(22-13-7-4-8-14-22)24-16-10-9-15-23(24)27(29(30)31(25)33)21-11-5-3-6-12-21/h3-19H,2H2,1H3. The average Bonchev–Trinajstić information content (AvgIpc) is 2.91. The van der Waals surface area contributed by atoms with Crippen molar-refractivity contribution < 1.29 is 9.59 Å². The van der Waals surface area contributed by atoms with Crippen molar-refractivity contribution in [1.29, 1.82) is 0 Å². The van der Waals surface area contributed by atoms with E-state index < -0.39 is 0 Å². The van der Waals surface area contributed by atoms with Gasteiger partial charge in [-0.05, 0) is 39.9 Å². The van der Waals surface area contributed by atoms with Gasteiger partial charge in [0.2, 0.25) is 0 Å². The van der Waals surface area contributed by atoms with Gasteiger partial charge in [0, 0.05) is 33.4 Å². The third-order valence-corrected chi connectivity index (χ3v) is 6.78. The molecule has 2 nitrogen and oxygen atoms in total. The molecule has 0 aliphatic heterocycles. The summed E-state index contributed by atoms with van der Waals surface area (Å²) < 4.78 is 0. The van der Waals surface area contributed by atoms with Crippen molar-refractivity contribution in [1.82, 2.24) is 0 Å². The average molecular weight is 439 g/mol. The first-order valence-corrected chi connectivity index (χ1v) is 11.6. The summed E-state index contributed by atoms with van der Waals surface area (Å²) in [5.74, 6) is -0.171. The van der Waals surface area contributed by atoms with Gasteiger partial charge in [0.15, 0.2) is 11.6 Å². The molecule has 0 unspecified atom stereocenters. The van der Waals surface area contributed by atoms with Crippen LogP contribution in [0.4, 0.5) is 0 Å². The van der Waals surface area contributed by atoms with E-state index in [0.29, 0.717) is 22.3 Å². The number of hydrogen-bond donors (Lipinski definition) is 0. The van der Waals surface area contributed by atoms with Gasteiger partial charge in [-0.25, -0.2) is 0 Å². The van der Waals surface area contributed by atoms with Gasteiger partial charge >= 0.3 is 0 Å². The third kappa shape index (κ3) is 2.96. The fourth-order valence-corrected chi connectivity index (χ4v) is 5.17. The Kier molecular flexibility index (Phi) is 4.74. The zero-order valence-electron chi connectivity index (χ0n) is 18.8. The van der Waals surface area contributed by atoms with Crippen LogP contribution in [0.25, 0.3) is 33.0 Å². The lowest BCUT2D eigenvalue weighted by Crippen LogP contribution is -2.23. The molecule has 1 aliphatic rings. The minimum absolute atomic E-state index is 0.0818. The van der Waals surface area contributed by atoms with Crippen LogP contribution in [0.3, 0.4) is 0 Å². The van der Waals surface area contributed by atoms with E-state index in [0.717, 1.165) is 45.0 Å². The van der Waals surface area contributed by atoms with Crippen LogP contribution in [0.2, 0.25) is 0 Å². The number of carbonyl (C=O) groups excluding carboxylic acids is 2. The molecule has 2 heteroatoms. The van der Waals surface area contributed by atoms with Crippen LogP contribution in [-0.4, -0.2) is 11.6 Å². The number of benzene rings is 5. The van der Waals surface area contributed by atoms with Crippen molar-refractivity contribution in [3.63, 3.8) is 0 Å². The number of carbonyl (C=O) groups is 2. The predicted octanol–water partition coefficient (Wildman–Crippen LogP) is 7.51. The Balaban J connectivity index is 1.82. The highest BCUT2D eigenvalue weighted by Gasteiger charge is 2.36. The van der Waals surface area contributed by atoms with E-state index in [9.17, 15) is 9.59 Å². The van der Waals surface area contributed by atoms with E-state index in [4.69, 9.17) is 0 Å². The summed E-state index contributed by atoms with van der Waals surface area (Å²) in [5, 5.41) is 1.95. The lowest BCUT2D eigenvalue weighted by Gasteiger charge is -2.26. The van der Waals surface area contributed by atoms with E-state index in [1.54, 1.807) is 0 Å². The van der Waals surface area contributed by atoms with Crippen LogP contribution in [-0.2, 0) is 6.42 Å². The summed E-state index contributed by atoms with van der Waals surface area (Å²) in [7, 11) is 0. The first-order chi connectivity index (χ1) is 16.7.